The van der Waals surface area contributed by atoms with Gasteiger partial charge in [-0.1, -0.05) is 72.8 Å². The molecular weight excluding hydrogens is 836 g/mol. The van der Waals surface area contributed by atoms with Gasteiger partial charge in [-0.3, -0.25) is 18.2 Å². The standard InChI is InChI=1S/C34H26N6O12S4.Na/c35-33-25-7-3-1-5-23(25)31(55(47,48)49)17-27(33)39-37-21-13-11-19(29(15-21)53(41,42)43)9-10-20-12-14-22(16-30(20)54(44,45)46)38-40-28-18-32(56(50,51)52)24-6-2-4-8-26(24)34(28)36;/h1-18H,35-36H2,(H,41,42,43)(H,44,45,46)(H,47,48,49)(H,50,51,52);/q;+1/b10-9+,39-37?,40-38?;. The second-order valence-corrected chi connectivity index (χ2v) is 17.3. The Morgan fingerprint density at radius 3 is 1.05 bits per heavy atom. The van der Waals surface area contributed by atoms with E-state index in [-0.39, 0.29) is 96.4 Å². The van der Waals surface area contributed by atoms with Crippen molar-refractivity contribution in [3.63, 3.8) is 0 Å². The van der Waals surface area contributed by atoms with Crippen molar-refractivity contribution in [2.24, 2.45) is 20.5 Å². The van der Waals surface area contributed by atoms with Gasteiger partial charge in [0.25, 0.3) is 40.5 Å². The zero-order chi connectivity index (χ0) is 40.8. The van der Waals surface area contributed by atoms with Gasteiger partial charge in [0.05, 0.1) is 22.7 Å². The van der Waals surface area contributed by atoms with Gasteiger partial charge < -0.3 is 11.5 Å². The van der Waals surface area contributed by atoms with Crippen molar-refractivity contribution in [1.29, 1.82) is 0 Å². The van der Waals surface area contributed by atoms with E-state index in [2.05, 4.69) is 20.5 Å². The number of hydrogen-bond donors (Lipinski definition) is 6. The second-order valence-electron chi connectivity index (χ2n) is 11.8. The largest absolute Gasteiger partial charge is 1.00 e. The number of rotatable bonds is 10. The van der Waals surface area contributed by atoms with Gasteiger partial charge in [0, 0.05) is 21.5 Å². The summed E-state index contributed by atoms with van der Waals surface area (Å²) >= 11 is 0. The van der Waals surface area contributed by atoms with E-state index in [1.807, 2.05) is 0 Å². The van der Waals surface area contributed by atoms with Crippen LogP contribution in [-0.4, -0.2) is 51.9 Å². The molecule has 8 N–H and O–H groups in total. The van der Waals surface area contributed by atoms with Gasteiger partial charge in [-0.2, -0.15) is 43.9 Å². The van der Waals surface area contributed by atoms with Crippen LogP contribution in [0, 0.1) is 0 Å². The first-order chi connectivity index (χ1) is 26.1. The SMILES string of the molecule is Nc1c(N=Nc2ccc(/C=C/c3ccc(N=Nc4cc(S(=O)(=O)O)c5ccccc5c4N)cc3S(=O)(=O)O)c(S(=O)(=O)O)c2)cc(S(=O)(=O)O)c2ccccc12.[Na+]. The molecule has 0 heterocycles. The van der Waals surface area contributed by atoms with Gasteiger partial charge in [0.15, 0.2) is 0 Å². The van der Waals surface area contributed by atoms with Crippen LogP contribution in [0.5, 0.6) is 0 Å². The number of azo groups is 2. The van der Waals surface area contributed by atoms with E-state index in [1.54, 1.807) is 12.1 Å². The first-order valence-corrected chi connectivity index (χ1v) is 21.2. The molecule has 0 bridgehead atoms. The molecule has 23 heteroatoms. The van der Waals surface area contributed by atoms with E-state index < -0.39 is 60.1 Å². The van der Waals surface area contributed by atoms with Gasteiger partial charge >= 0.3 is 29.6 Å². The molecule has 0 aromatic heterocycles. The molecule has 0 aliphatic heterocycles. The number of nitrogen functional groups attached to an aromatic ring is 2. The minimum atomic E-state index is -4.96. The van der Waals surface area contributed by atoms with Gasteiger partial charge in [-0.15, -0.1) is 10.2 Å². The number of nitrogens with two attached hydrogens (primary N) is 2. The molecule has 0 aliphatic rings. The van der Waals surface area contributed by atoms with E-state index in [4.69, 9.17) is 11.5 Å². The summed E-state index contributed by atoms with van der Waals surface area (Å²) in [6.07, 6.45) is 2.23. The van der Waals surface area contributed by atoms with Crippen LogP contribution in [0.2, 0.25) is 0 Å². The van der Waals surface area contributed by atoms with Crippen LogP contribution < -0.4 is 41.0 Å². The van der Waals surface area contributed by atoms with Crippen LogP contribution in [0.15, 0.2) is 137 Å². The zero-order valence-corrected chi connectivity index (χ0v) is 34.3. The quantitative estimate of drug-likeness (QED) is 0.0371. The molecular formula is C34H26N6NaO12S4+. The van der Waals surface area contributed by atoms with Crippen molar-refractivity contribution in [2.75, 3.05) is 11.5 Å². The third-order valence-electron chi connectivity index (χ3n) is 8.15. The smallest absolute Gasteiger partial charge is 0.396 e. The third-order valence-corrected chi connectivity index (χ3v) is 11.8. The van der Waals surface area contributed by atoms with Gasteiger partial charge in [-0.05, 0) is 47.5 Å². The van der Waals surface area contributed by atoms with Gasteiger partial charge in [-0.25, -0.2) is 0 Å². The Bertz CT molecular complexity index is 2960. The van der Waals surface area contributed by atoms with Crippen LogP contribution in [0.4, 0.5) is 34.1 Å². The van der Waals surface area contributed by atoms with Crippen LogP contribution in [0.3, 0.4) is 0 Å². The summed E-state index contributed by atoms with van der Waals surface area (Å²) in [5.74, 6) is 0. The Hall–Kier alpha value is -4.98. The Morgan fingerprint density at radius 2 is 0.737 bits per heavy atom. The van der Waals surface area contributed by atoms with E-state index in [0.717, 1.165) is 36.4 Å². The average molecular weight is 862 g/mol. The number of anilines is 2. The summed E-state index contributed by atoms with van der Waals surface area (Å²) in [7, 11) is -19.4. The Labute approximate surface area is 347 Å². The maximum absolute atomic E-state index is 12.4. The summed E-state index contributed by atoms with van der Waals surface area (Å²) in [5.41, 5.74) is 11.3. The zero-order valence-electron chi connectivity index (χ0n) is 29.0. The van der Waals surface area contributed by atoms with Gasteiger partial charge in [0.2, 0.25) is 0 Å². The molecule has 0 radical (unpaired) electrons. The maximum Gasteiger partial charge on any atom is 1.00 e. The maximum atomic E-state index is 12.4. The molecule has 6 aromatic rings. The van der Waals surface area contributed by atoms with Crippen LogP contribution >= 0.6 is 0 Å². The molecule has 0 spiro atoms. The first kappa shape index (κ1) is 43.1. The Morgan fingerprint density at radius 1 is 0.421 bits per heavy atom. The summed E-state index contributed by atoms with van der Waals surface area (Å²) in [5, 5.41) is 16.4. The number of fused-ring (bicyclic) bond motifs is 2. The molecule has 0 saturated heterocycles. The Balaban J connectivity index is 0.00000620. The van der Waals surface area contributed by atoms with E-state index >= 15 is 0 Å². The first-order valence-electron chi connectivity index (χ1n) is 15.4. The minimum Gasteiger partial charge on any atom is -0.396 e. The number of benzene rings is 6. The van der Waals surface area contributed by atoms with Crippen molar-refractivity contribution >= 4 is 108 Å². The average Bonchev–Trinajstić information content (AvgIpc) is 3.12. The normalized spacial score (nSPS) is 12.9. The van der Waals surface area contributed by atoms with Crippen LogP contribution in [0.25, 0.3) is 33.7 Å². The van der Waals surface area contributed by atoms with Gasteiger partial charge in [0.1, 0.15) is 31.0 Å². The van der Waals surface area contributed by atoms with E-state index in [0.29, 0.717) is 0 Å². The predicted molar refractivity (Wildman–Crippen MR) is 206 cm³/mol. The van der Waals surface area contributed by atoms with E-state index in [9.17, 15) is 51.9 Å². The van der Waals surface area contributed by atoms with Crippen LogP contribution in [0.1, 0.15) is 11.1 Å². The fourth-order valence-electron chi connectivity index (χ4n) is 5.59. The summed E-state index contributed by atoms with van der Waals surface area (Å²) < 4.78 is 137. The molecule has 288 valence electrons. The summed E-state index contributed by atoms with van der Waals surface area (Å²) in [6, 6.07) is 20.8. The molecule has 18 nitrogen and oxygen atoms in total. The van der Waals surface area contributed by atoms with Crippen molar-refractivity contribution in [3.05, 3.63) is 108 Å². The molecule has 0 unspecified atom stereocenters. The molecule has 6 rings (SSSR count). The topological polar surface area (TPSA) is 319 Å². The second kappa shape index (κ2) is 16.1. The fourth-order valence-corrected chi connectivity index (χ4v) is 8.43. The fraction of sp³-hybridized carbons (Fsp3) is 0. The molecule has 6 aromatic carbocycles. The Kier molecular flexibility index (Phi) is 12.2. The number of nitrogens with zero attached hydrogens (tertiary/aromatic N) is 4. The third kappa shape index (κ3) is 9.43. The van der Waals surface area contributed by atoms with Crippen molar-refractivity contribution in [2.45, 2.75) is 19.6 Å². The molecule has 0 saturated carbocycles. The van der Waals surface area contributed by atoms with Crippen molar-refractivity contribution in [1.82, 2.24) is 0 Å². The molecule has 57 heavy (non-hydrogen) atoms. The van der Waals surface area contributed by atoms with Crippen LogP contribution in [-0.2, 0) is 40.5 Å². The molecule has 0 atom stereocenters. The molecule has 0 aliphatic carbocycles. The van der Waals surface area contributed by atoms with Crippen molar-refractivity contribution < 1.29 is 81.4 Å². The molecule has 0 fully saturated rings. The summed E-state index contributed by atoms with van der Waals surface area (Å²) in [6.45, 7) is 0. The predicted octanol–water partition coefficient (Wildman–Crippen LogP) is 4.15. The summed E-state index contributed by atoms with van der Waals surface area (Å²) in [4.78, 5) is -2.41. The molecule has 0 amide bonds. The monoisotopic (exact) mass is 861 g/mol. The minimum absolute atomic E-state index is 0. The number of hydrogen-bond acceptors (Lipinski definition) is 14. The van der Waals surface area contributed by atoms with Crippen molar-refractivity contribution in [3.8, 4) is 0 Å². The van der Waals surface area contributed by atoms with E-state index in [1.165, 1.54) is 60.7 Å².